The molecule has 1 heterocycles. The largest absolute Gasteiger partial charge is 0.395 e. The molecule has 0 aliphatic rings. The van der Waals surface area contributed by atoms with Crippen molar-refractivity contribution in [1.29, 1.82) is 0 Å². The lowest BCUT2D eigenvalue weighted by Crippen LogP contribution is -2.17. The van der Waals surface area contributed by atoms with E-state index in [-0.39, 0.29) is 6.61 Å². The summed E-state index contributed by atoms with van der Waals surface area (Å²) in [5.74, 6) is 0. The van der Waals surface area contributed by atoms with Crippen molar-refractivity contribution in [2.24, 2.45) is 0 Å². The van der Waals surface area contributed by atoms with Crippen molar-refractivity contribution in [3.8, 4) is 11.1 Å². The summed E-state index contributed by atoms with van der Waals surface area (Å²) in [5, 5.41) is 11.9. The minimum absolute atomic E-state index is 0.169. The smallest absolute Gasteiger partial charge is 0.0556 e. The third kappa shape index (κ3) is 3.37. The summed E-state index contributed by atoms with van der Waals surface area (Å²) in [4.78, 5) is 4.12. The molecule has 2 rings (SSSR count). The van der Waals surface area contributed by atoms with Gasteiger partial charge >= 0.3 is 0 Å². The Bertz CT molecular complexity index is 457. The fourth-order valence-corrected chi connectivity index (χ4v) is 1.71. The second kappa shape index (κ2) is 6.13. The lowest BCUT2D eigenvalue weighted by molar-refractivity contribution is 0.292. The van der Waals surface area contributed by atoms with Gasteiger partial charge in [-0.3, -0.25) is 4.98 Å². The van der Waals surface area contributed by atoms with Gasteiger partial charge < -0.3 is 10.4 Å². The van der Waals surface area contributed by atoms with Gasteiger partial charge in [0.1, 0.15) is 0 Å². The van der Waals surface area contributed by atoms with Crippen molar-refractivity contribution in [3.63, 3.8) is 0 Å². The summed E-state index contributed by atoms with van der Waals surface area (Å²) in [6.07, 6.45) is 3.64. The molecule has 2 N–H and O–H groups in total. The lowest BCUT2D eigenvalue weighted by atomic mass is 10.0. The van der Waals surface area contributed by atoms with Crippen LogP contribution >= 0.6 is 0 Å². The highest BCUT2D eigenvalue weighted by atomic mass is 16.3. The van der Waals surface area contributed by atoms with Crippen LogP contribution in [0.2, 0.25) is 0 Å². The summed E-state index contributed by atoms with van der Waals surface area (Å²) in [7, 11) is 0. The van der Waals surface area contributed by atoms with Gasteiger partial charge in [0.2, 0.25) is 0 Å². The first kappa shape index (κ1) is 11.8. The summed E-state index contributed by atoms with van der Waals surface area (Å²) in [6.45, 7) is 1.56. The van der Waals surface area contributed by atoms with E-state index >= 15 is 0 Å². The number of benzene rings is 1. The number of aliphatic hydroxyl groups excluding tert-OH is 1. The van der Waals surface area contributed by atoms with Crippen LogP contribution in [-0.2, 0) is 6.54 Å². The molecule has 17 heavy (non-hydrogen) atoms. The van der Waals surface area contributed by atoms with E-state index in [2.05, 4.69) is 28.5 Å². The fraction of sp³-hybridized carbons (Fsp3) is 0.214. The van der Waals surface area contributed by atoms with E-state index in [0.29, 0.717) is 6.54 Å². The highest BCUT2D eigenvalue weighted by Gasteiger charge is 1.98. The molecule has 0 aliphatic heterocycles. The van der Waals surface area contributed by atoms with Gasteiger partial charge in [-0.25, -0.2) is 0 Å². The summed E-state index contributed by atoms with van der Waals surface area (Å²) in [5.41, 5.74) is 3.50. The van der Waals surface area contributed by atoms with Gasteiger partial charge in [0, 0.05) is 25.5 Å². The van der Waals surface area contributed by atoms with Crippen LogP contribution in [0.3, 0.4) is 0 Å². The summed E-state index contributed by atoms with van der Waals surface area (Å²) in [6, 6.07) is 12.3. The number of rotatable bonds is 5. The molecular formula is C14H16N2O. The molecule has 3 nitrogen and oxygen atoms in total. The molecule has 0 fully saturated rings. The van der Waals surface area contributed by atoms with Crippen LogP contribution in [0.4, 0.5) is 0 Å². The van der Waals surface area contributed by atoms with Crippen molar-refractivity contribution in [2.75, 3.05) is 13.2 Å². The molecule has 88 valence electrons. The minimum atomic E-state index is 0.169. The Balaban J connectivity index is 2.12. The van der Waals surface area contributed by atoms with Crippen LogP contribution in [0.25, 0.3) is 11.1 Å². The molecule has 3 heteroatoms. The SMILES string of the molecule is OCCNCc1cccc(-c2cccnc2)c1. The predicted molar refractivity (Wildman–Crippen MR) is 68.5 cm³/mol. The van der Waals surface area contributed by atoms with Crippen LogP contribution in [0.5, 0.6) is 0 Å². The van der Waals surface area contributed by atoms with E-state index in [0.717, 1.165) is 12.1 Å². The zero-order valence-electron chi connectivity index (χ0n) is 9.63. The molecule has 0 bridgehead atoms. The van der Waals surface area contributed by atoms with Crippen LogP contribution < -0.4 is 5.32 Å². The number of hydrogen-bond acceptors (Lipinski definition) is 3. The highest BCUT2D eigenvalue weighted by Crippen LogP contribution is 2.18. The number of nitrogens with one attached hydrogen (secondary N) is 1. The summed E-state index contributed by atoms with van der Waals surface area (Å²) < 4.78 is 0. The average molecular weight is 228 g/mol. The van der Waals surface area contributed by atoms with Gasteiger partial charge in [-0.2, -0.15) is 0 Å². The molecule has 0 radical (unpaired) electrons. The molecule has 0 amide bonds. The Labute approximate surface area is 101 Å². The van der Waals surface area contributed by atoms with Gasteiger partial charge in [0.15, 0.2) is 0 Å². The Kier molecular flexibility index (Phi) is 4.24. The topological polar surface area (TPSA) is 45.1 Å². The molecule has 0 atom stereocenters. The third-order valence-corrected chi connectivity index (χ3v) is 2.54. The maximum Gasteiger partial charge on any atom is 0.0556 e. The first-order valence-electron chi connectivity index (χ1n) is 5.71. The standard InChI is InChI=1S/C14H16N2O/c17-8-7-16-10-12-3-1-4-13(9-12)14-5-2-6-15-11-14/h1-6,9,11,16-17H,7-8,10H2. The minimum Gasteiger partial charge on any atom is -0.395 e. The van der Waals surface area contributed by atoms with Gasteiger partial charge in [-0.15, -0.1) is 0 Å². The molecule has 2 aromatic rings. The van der Waals surface area contributed by atoms with Gasteiger partial charge in [0.25, 0.3) is 0 Å². The van der Waals surface area contributed by atoms with Crippen molar-refractivity contribution in [1.82, 2.24) is 10.3 Å². The Hall–Kier alpha value is -1.71. The van der Waals surface area contributed by atoms with E-state index in [4.69, 9.17) is 5.11 Å². The van der Waals surface area contributed by atoms with Crippen LogP contribution in [0, 0.1) is 0 Å². The second-order valence-electron chi connectivity index (χ2n) is 3.84. The van der Waals surface area contributed by atoms with Crippen molar-refractivity contribution in [2.45, 2.75) is 6.54 Å². The Morgan fingerprint density at radius 2 is 2.00 bits per heavy atom. The Morgan fingerprint density at radius 1 is 1.12 bits per heavy atom. The quantitative estimate of drug-likeness (QED) is 0.767. The number of aromatic nitrogens is 1. The molecule has 0 unspecified atom stereocenters. The Morgan fingerprint density at radius 3 is 2.76 bits per heavy atom. The molecule has 0 saturated heterocycles. The van der Waals surface area contributed by atoms with E-state index in [1.54, 1.807) is 6.20 Å². The third-order valence-electron chi connectivity index (χ3n) is 2.54. The van der Waals surface area contributed by atoms with Gasteiger partial charge in [-0.1, -0.05) is 24.3 Å². The van der Waals surface area contributed by atoms with Crippen LogP contribution in [0.15, 0.2) is 48.8 Å². The van der Waals surface area contributed by atoms with E-state index in [1.807, 2.05) is 24.4 Å². The first-order chi connectivity index (χ1) is 8.40. The molecule has 1 aromatic heterocycles. The number of nitrogens with zero attached hydrogens (tertiary/aromatic N) is 1. The van der Waals surface area contributed by atoms with Gasteiger partial charge in [0.05, 0.1) is 6.61 Å². The van der Waals surface area contributed by atoms with E-state index in [1.165, 1.54) is 11.1 Å². The summed E-state index contributed by atoms with van der Waals surface area (Å²) >= 11 is 0. The molecule has 0 spiro atoms. The van der Waals surface area contributed by atoms with E-state index in [9.17, 15) is 0 Å². The van der Waals surface area contributed by atoms with Crippen molar-refractivity contribution < 1.29 is 5.11 Å². The monoisotopic (exact) mass is 228 g/mol. The lowest BCUT2D eigenvalue weighted by Gasteiger charge is -2.06. The maximum atomic E-state index is 8.71. The van der Waals surface area contributed by atoms with Crippen molar-refractivity contribution in [3.05, 3.63) is 54.4 Å². The van der Waals surface area contributed by atoms with Crippen LogP contribution in [0.1, 0.15) is 5.56 Å². The zero-order chi connectivity index (χ0) is 11.9. The average Bonchev–Trinajstić information content (AvgIpc) is 2.41. The normalized spacial score (nSPS) is 10.4. The molecule has 1 aromatic carbocycles. The molecule has 0 aliphatic carbocycles. The molecular weight excluding hydrogens is 212 g/mol. The molecule has 0 saturated carbocycles. The number of hydrogen-bond donors (Lipinski definition) is 2. The van der Waals surface area contributed by atoms with Gasteiger partial charge in [-0.05, 0) is 28.8 Å². The highest BCUT2D eigenvalue weighted by molar-refractivity contribution is 5.62. The van der Waals surface area contributed by atoms with E-state index < -0.39 is 0 Å². The zero-order valence-corrected chi connectivity index (χ0v) is 9.63. The van der Waals surface area contributed by atoms with Crippen LogP contribution in [-0.4, -0.2) is 23.2 Å². The maximum absolute atomic E-state index is 8.71. The first-order valence-corrected chi connectivity index (χ1v) is 5.71. The number of aliphatic hydroxyl groups is 1. The second-order valence-corrected chi connectivity index (χ2v) is 3.84. The fourth-order valence-electron chi connectivity index (χ4n) is 1.71. The number of pyridine rings is 1. The predicted octanol–water partition coefficient (Wildman–Crippen LogP) is 1.83. The van der Waals surface area contributed by atoms with Crippen molar-refractivity contribution >= 4 is 0 Å².